The number of carboxylic acid groups (broad SMARTS) is 1. The highest BCUT2D eigenvalue weighted by atomic mass is 16.6. The number of carboxylic acids is 1. The molecule has 3 aliphatic heterocycles. The third kappa shape index (κ3) is 4.20. The number of benzene rings is 3. The van der Waals surface area contributed by atoms with E-state index in [0.29, 0.717) is 24.2 Å². The zero-order valence-electron chi connectivity index (χ0n) is 19.8. The number of amides is 1. The van der Waals surface area contributed by atoms with Crippen LogP contribution in [0, 0.1) is 11.8 Å². The van der Waals surface area contributed by atoms with E-state index >= 15 is 0 Å². The number of nitrogens with one attached hydrogen (secondary N) is 1. The van der Waals surface area contributed by atoms with Crippen LogP contribution < -0.4 is 10.1 Å². The molecule has 1 aliphatic carbocycles. The molecule has 0 radical (unpaired) electrons. The molecule has 1 saturated carbocycles. The molecule has 36 heavy (non-hydrogen) atoms. The van der Waals surface area contributed by atoms with Crippen molar-refractivity contribution in [3.05, 3.63) is 101 Å². The summed E-state index contributed by atoms with van der Waals surface area (Å²) >= 11 is 0. The van der Waals surface area contributed by atoms with Crippen LogP contribution in [0.3, 0.4) is 0 Å². The molecule has 5 atom stereocenters. The Bertz CT molecular complexity index is 1270. The second kappa shape index (κ2) is 8.99. The number of carbonyl (C=O) groups is 2. The molecule has 3 aromatic carbocycles. The number of nitrogens with zero attached hydrogens (tertiary/aromatic N) is 1. The Hall–Kier alpha value is -3.84. The molecule has 7 heteroatoms. The van der Waals surface area contributed by atoms with E-state index in [1.54, 1.807) is 24.3 Å². The first-order valence-corrected chi connectivity index (χ1v) is 12.3. The van der Waals surface area contributed by atoms with Crippen molar-refractivity contribution >= 4 is 12.1 Å². The van der Waals surface area contributed by atoms with E-state index in [1.807, 2.05) is 54.6 Å². The Kier molecular flexibility index (Phi) is 5.64. The Labute approximate surface area is 209 Å². The second-order valence-corrected chi connectivity index (χ2v) is 9.93. The lowest BCUT2D eigenvalue weighted by Crippen LogP contribution is -2.42. The van der Waals surface area contributed by atoms with Crippen molar-refractivity contribution in [3.63, 3.8) is 0 Å². The van der Waals surface area contributed by atoms with Gasteiger partial charge in [-0.05, 0) is 53.9 Å². The number of rotatable bonds is 8. The standard InChI is InChI=1S/C29H28N2O5/c32-27(33)21-11-9-19(10-12-21)17-35-23-8-4-7-22(15-23)26(20-5-2-1-3-6-20)30-28(34)36-29-18-31-14-13-24(29)25(29)16-31/h1-12,15,24-26H,13-14,16-18H2,(H,30,34)(H,32,33)/t24?,25?,26-,29+/m0/s1. The van der Waals surface area contributed by atoms with Crippen molar-refractivity contribution in [2.24, 2.45) is 11.8 Å². The Morgan fingerprint density at radius 2 is 1.78 bits per heavy atom. The molecular formula is C29H28N2O5. The van der Waals surface area contributed by atoms with Crippen LogP contribution >= 0.6 is 0 Å². The van der Waals surface area contributed by atoms with Gasteiger partial charge in [0.1, 0.15) is 18.0 Å². The van der Waals surface area contributed by atoms with Gasteiger partial charge in [-0.3, -0.25) is 4.90 Å². The summed E-state index contributed by atoms with van der Waals surface area (Å²) in [6.07, 6.45) is 0.725. The maximum Gasteiger partial charge on any atom is 0.408 e. The summed E-state index contributed by atoms with van der Waals surface area (Å²) in [6, 6.07) is 23.7. The normalized spacial score (nSPS) is 26.1. The second-order valence-electron chi connectivity index (χ2n) is 9.93. The van der Waals surface area contributed by atoms with Crippen molar-refractivity contribution in [3.8, 4) is 5.75 Å². The van der Waals surface area contributed by atoms with Crippen LogP contribution in [-0.2, 0) is 11.3 Å². The van der Waals surface area contributed by atoms with Gasteiger partial charge in [-0.15, -0.1) is 0 Å². The molecule has 1 amide bonds. The minimum absolute atomic E-state index is 0.240. The molecule has 2 N–H and O–H groups in total. The number of fused-ring (bicyclic) bond motifs is 1. The molecule has 3 saturated heterocycles. The van der Waals surface area contributed by atoms with E-state index in [-0.39, 0.29) is 23.3 Å². The molecule has 0 spiro atoms. The van der Waals surface area contributed by atoms with Crippen molar-refractivity contribution in [1.82, 2.24) is 10.2 Å². The van der Waals surface area contributed by atoms with Crippen LogP contribution in [0.1, 0.15) is 39.5 Å². The molecule has 3 unspecified atom stereocenters. The van der Waals surface area contributed by atoms with E-state index in [4.69, 9.17) is 14.6 Å². The minimum atomic E-state index is -0.956. The van der Waals surface area contributed by atoms with Crippen molar-refractivity contribution in [2.75, 3.05) is 19.6 Å². The topological polar surface area (TPSA) is 88.1 Å². The third-order valence-corrected chi connectivity index (χ3v) is 7.79. The van der Waals surface area contributed by atoms with Gasteiger partial charge in [-0.25, -0.2) is 9.59 Å². The Balaban J connectivity index is 1.17. The summed E-state index contributed by atoms with van der Waals surface area (Å²) in [5.74, 6) is 0.689. The molecule has 3 heterocycles. The van der Waals surface area contributed by atoms with E-state index in [9.17, 15) is 9.59 Å². The van der Waals surface area contributed by atoms with Crippen LogP contribution in [0.15, 0.2) is 78.9 Å². The van der Waals surface area contributed by atoms with Gasteiger partial charge in [0.15, 0.2) is 0 Å². The lowest BCUT2D eigenvalue weighted by molar-refractivity contribution is 0.0436. The van der Waals surface area contributed by atoms with E-state index in [0.717, 1.165) is 42.7 Å². The summed E-state index contributed by atoms with van der Waals surface area (Å²) in [7, 11) is 0. The van der Waals surface area contributed by atoms with E-state index in [1.165, 1.54) is 0 Å². The summed E-state index contributed by atoms with van der Waals surface area (Å²) in [5, 5.41) is 12.2. The van der Waals surface area contributed by atoms with Gasteiger partial charge in [-0.2, -0.15) is 0 Å². The van der Waals surface area contributed by atoms with Gasteiger partial charge >= 0.3 is 12.1 Å². The molecule has 0 aromatic heterocycles. The molecule has 7 nitrogen and oxygen atoms in total. The highest BCUT2D eigenvalue weighted by molar-refractivity contribution is 5.87. The average molecular weight is 485 g/mol. The van der Waals surface area contributed by atoms with Crippen LogP contribution in [-0.4, -0.2) is 47.3 Å². The highest BCUT2D eigenvalue weighted by Gasteiger charge is 2.74. The monoisotopic (exact) mass is 484 g/mol. The molecule has 7 rings (SSSR count). The maximum absolute atomic E-state index is 13.1. The lowest BCUT2D eigenvalue weighted by Gasteiger charge is -2.29. The number of alkyl carbamates (subject to hydrolysis) is 1. The van der Waals surface area contributed by atoms with Crippen molar-refractivity contribution in [2.45, 2.75) is 24.7 Å². The first-order chi connectivity index (χ1) is 17.5. The summed E-state index contributed by atoms with van der Waals surface area (Å²) in [6.45, 7) is 3.30. The summed E-state index contributed by atoms with van der Waals surface area (Å²) in [5.41, 5.74) is 2.65. The van der Waals surface area contributed by atoms with Crippen LogP contribution in [0.4, 0.5) is 4.79 Å². The zero-order chi connectivity index (χ0) is 24.7. The molecule has 3 aromatic rings. The number of piperidine rings is 3. The maximum atomic E-state index is 13.1. The molecule has 4 bridgehead atoms. The quantitative estimate of drug-likeness (QED) is 0.490. The van der Waals surface area contributed by atoms with Gasteiger partial charge in [-0.1, -0.05) is 54.6 Å². The van der Waals surface area contributed by atoms with E-state index < -0.39 is 5.97 Å². The lowest BCUT2D eigenvalue weighted by atomic mass is 9.98. The van der Waals surface area contributed by atoms with Crippen molar-refractivity contribution < 1.29 is 24.2 Å². The number of carbonyl (C=O) groups excluding carboxylic acids is 1. The van der Waals surface area contributed by atoms with Crippen molar-refractivity contribution in [1.29, 1.82) is 0 Å². The third-order valence-electron chi connectivity index (χ3n) is 7.79. The van der Waals surface area contributed by atoms with E-state index in [2.05, 4.69) is 10.2 Å². The fourth-order valence-corrected chi connectivity index (χ4v) is 5.92. The molecular weight excluding hydrogens is 456 g/mol. The molecule has 4 fully saturated rings. The van der Waals surface area contributed by atoms with Gasteiger partial charge in [0.25, 0.3) is 0 Å². The van der Waals surface area contributed by atoms with Crippen LogP contribution in [0.25, 0.3) is 0 Å². The Morgan fingerprint density at radius 3 is 2.44 bits per heavy atom. The predicted molar refractivity (Wildman–Crippen MR) is 133 cm³/mol. The fourth-order valence-electron chi connectivity index (χ4n) is 5.92. The number of hydrogen-bond donors (Lipinski definition) is 2. The summed E-state index contributed by atoms with van der Waals surface area (Å²) < 4.78 is 12.1. The van der Waals surface area contributed by atoms with Crippen LogP contribution in [0.2, 0.25) is 0 Å². The number of ether oxygens (including phenoxy) is 2. The largest absolute Gasteiger partial charge is 0.489 e. The van der Waals surface area contributed by atoms with Gasteiger partial charge in [0, 0.05) is 24.9 Å². The number of aromatic carboxylic acids is 1. The first kappa shape index (κ1) is 22.6. The molecule has 4 aliphatic rings. The van der Waals surface area contributed by atoms with Gasteiger partial charge in [0.05, 0.1) is 11.6 Å². The van der Waals surface area contributed by atoms with Gasteiger partial charge in [0.2, 0.25) is 0 Å². The SMILES string of the molecule is O=C(N[C@@H](c1ccccc1)c1cccc(OCc2ccc(C(=O)O)cc2)c1)O[C@]12CN3CCC1C2C3. The fraction of sp³-hybridized carbons (Fsp3) is 0.310. The smallest absolute Gasteiger partial charge is 0.408 e. The average Bonchev–Trinajstić information content (AvgIpc) is 3.40. The minimum Gasteiger partial charge on any atom is -0.489 e. The van der Waals surface area contributed by atoms with Gasteiger partial charge < -0.3 is 19.9 Å². The Morgan fingerprint density at radius 1 is 1.00 bits per heavy atom. The first-order valence-electron chi connectivity index (χ1n) is 12.3. The highest BCUT2D eigenvalue weighted by Crippen LogP contribution is 2.62. The molecule has 184 valence electrons. The predicted octanol–water partition coefficient (Wildman–Crippen LogP) is 4.48. The summed E-state index contributed by atoms with van der Waals surface area (Å²) in [4.78, 5) is 26.6. The number of hydrogen-bond acceptors (Lipinski definition) is 5. The van der Waals surface area contributed by atoms with Crippen LogP contribution in [0.5, 0.6) is 5.75 Å². The zero-order valence-corrected chi connectivity index (χ0v) is 19.8.